The van der Waals surface area contributed by atoms with E-state index < -0.39 is 10.0 Å². The Morgan fingerprint density at radius 1 is 1.15 bits per heavy atom. The van der Waals surface area contributed by atoms with E-state index in [-0.39, 0.29) is 11.7 Å². The van der Waals surface area contributed by atoms with E-state index in [1.54, 1.807) is 30.3 Å². The molecule has 0 aromatic heterocycles. The van der Waals surface area contributed by atoms with Gasteiger partial charge in [0.15, 0.2) is 0 Å². The van der Waals surface area contributed by atoms with Crippen molar-refractivity contribution in [2.45, 2.75) is 26.2 Å². The maximum atomic E-state index is 12.5. The number of hydrogen-bond donors (Lipinski definition) is 1. The van der Waals surface area contributed by atoms with Crippen LogP contribution in [0.2, 0.25) is 10.0 Å². The van der Waals surface area contributed by atoms with Gasteiger partial charge >= 0.3 is 0 Å². The zero-order valence-electron chi connectivity index (χ0n) is 14.8. The van der Waals surface area contributed by atoms with Crippen LogP contribution >= 0.6 is 23.2 Å². The number of nitrogens with one attached hydrogen (secondary N) is 1. The molecule has 3 rings (SSSR count). The third-order valence-electron chi connectivity index (χ3n) is 4.34. The lowest BCUT2D eigenvalue weighted by atomic mass is 10.0. The molecule has 0 atom stereocenters. The number of nitrogens with zero attached hydrogens (tertiary/aromatic N) is 1. The van der Waals surface area contributed by atoms with E-state index in [4.69, 9.17) is 23.2 Å². The van der Waals surface area contributed by atoms with Crippen LogP contribution in [0.25, 0.3) is 0 Å². The molecular formula is C19H20Cl2N2O3S. The molecule has 1 aliphatic heterocycles. The second-order valence-corrected chi connectivity index (χ2v) is 9.33. The van der Waals surface area contributed by atoms with Gasteiger partial charge in [-0.3, -0.25) is 9.10 Å². The number of rotatable bonds is 5. The van der Waals surface area contributed by atoms with Gasteiger partial charge in [0.1, 0.15) is 0 Å². The average molecular weight is 427 g/mol. The first-order valence-electron chi connectivity index (χ1n) is 8.71. The van der Waals surface area contributed by atoms with Crippen molar-refractivity contribution in [3.63, 3.8) is 0 Å². The third-order valence-corrected chi connectivity index (χ3v) is 6.75. The number of benzene rings is 2. The smallest absolute Gasteiger partial charge is 0.255 e. The van der Waals surface area contributed by atoms with Crippen LogP contribution in [0.3, 0.4) is 0 Å². The monoisotopic (exact) mass is 426 g/mol. The molecular weight excluding hydrogens is 407 g/mol. The highest BCUT2D eigenvalue weighted by Crippen LogP contribution is 2.32. The van der Waals surface area contributed by atoms with Crippen LogP contribution in [-0.2, 0) is 16.4 Å². The molecule has 2 aromatic carbocycles. The average Bonchev–Trinajstić information content (AvgIpc) is 2.60. The number of carbonyl (C=O) groups excluding carboxylic acids is 1. The predicted octanol–water partition coefficient (Wildman–Crippen LogP) is 4.74. The van der Waals surface area contributed by atoms with Crippen molar-refractivity contribution in [3.05, 3.63) is 57.6 Å². The summed E-state index contributed by atoms with van der Waals surface area (Å²) in [7, 11) is -3.32. The highest BCUT2D eigenvalue weighted by molar-refractivity contribution is 7.92. The van der Waals surface area contributed by atoms with E-state index in [1.807, 2.05) is 13.0 Å². The first kappa shape index (κ1) is 20.0. The Hall–Kier alpha value is -1.76. The van der Waals surface area contributed by atoms with Crippen LogP contribution in [-0.4, -0.2) is 26.6 Å². The van der Waals surface area contributed by atoms with Gasteiger partial charge in [-0.15, -0.1) is 0 Å². The molecule has 1 aliphatic rings. The number of aryl methyl sites for hydroxylation is 1. The normalized spacial score (nSPS) is 14.0. The maximum absolute atomic E-state index is 12.5. The standard InChI is InChI=1S/C19H20Cl2N2O3S/c1-2-8-27(25,26)23-7-3-4-13-11-17(5-6-18(13)23)22-19(24)14-9-15(20)12-16(21)10-14/h5-6,9-12H,2-4,7-8H2,1H3,(H,22,24). The predicted molar refractivity (Wildman–Crippen MR) is 111 cm³/mol. The summed E-state index contributed by atoms with van der Waals surface area (Å²) in [5, 5.41) is 3.59. The molecule has 5 nitrogen and oxygen atoms in total. The highest BCUT2D eigenvalue weighted by atomic mass is 35.5. The van der Waals surface area contributed by atoms with Crippen LogP contribution in [0.5, 0.6) is 0 Å². The lowest BCUT2D eigenvalue weighted by molar-refractivity contribution is 0.102. The molecule has 1 amide bonds. The van der Waals surface area contributed by atoms with Gasteiger partial charge in [-0.25, -0.2) is 8.42 Å². The first-order chi connectivity index (χ1) is 12.8. The highest BCUT2D eigenvalue weighted by Gasteiger charge is 2.27. The summed E-state index contributed by atoms with van der Waals surface area (Å²) in [6.07, 6.45) is 2.09. The maximum Gasteiger partial charge on any atom is 0.255 e. The molecule has 144 valence electrons. The molecule has 8 heteroatoms. The first-order valence-corrected chi connectivity index (χ1v) is 11.1. The van der Waals surface area contributed by atoms with Crippen molar-refractivity contribution in [1.82, 2.24) is 0 Å². The molecule has 0 aliphatic carbocycles. The lowest BCUT2D eigenvalue weighted by Gasteiger charge is -2.30. The number of sulfonamides is 1. The van der Waals surface area contributed by atoms with E-state index in [2.05, 4.69) is 5.32 Å². The number of fused-ring (bicyclic) bond motifs is 1. The van der Waals surface area contributed by atoms with Crippen molar-refractivity contribution in [1.29, 1.82) is 0 Å². The lowest BCUT2D eigenvalue weighted by Crippen LogP contribution is -2.37. The minimum absolute atomic E-state index is 0.125. The number of carbonyl (C=O) groups is 1. The molecule has 0 radical (unpaired) electrons. The van der Waals surface area contributed by atoms with Gasteiger partial charge in [0.25, 0.3) is 5.91 Å². The molecule has 0 fully saturated rings. The second kappa shape index (κ2) is 8.09. The van der Waals surface area contributed by atoms with E-state index in [0.29, 0.717) is 39.9 Å². The number of halogens is 2. The van der Waals surface area contributed by atoms with Crippen molar-refractivity contribution in [3.8, 4) is 0 Å². The largest absolute Gasteiger partial charge is 0.322 e. The SMILES string of the molecule is CCCS(=O)(=O)N1CCCc2cc(NC(=O)c3cc(Cl)cc(Cl)c3)ccc21. The second-order valence-electron chi connectivity index (χ2n) is 6.45. The van der Waals surface area contributed by atoms with Gasteiger partial charge in [0.2, 0.25) is 10.0 Å². The van der Waals surface area contributed by atoms with Crippen LogP contribution in [0.4, 0.5) is 11.4 Å². The van der Waals surface area contributed by atoms with Crippen LogP contribution in [0.1, 0.15) is 35.7 Å². The molecule has 0 bridgehead atoms. The quantitative estimate of drug-likeness (QED) is 0.750. The van der Waals surface area contributed by atoms with Gasteiger partial charge in [-0.1, -0.05) is 30.1 Å². The summed E-state index contributed by atoms with van der Waals surface area (Å²) >= 11 is 11.9. The van der Waals surface area contributed by atoms with E-state index in [9.17, 15) is 13.2 Å². The van der Waals surface area contributed by atoms with Crippen molar-refractivity contribution >= 4 is 50.5 Å². The molecule has 1 N–H and O–H groups in total. The minimum atomic E-state index is -3.32. The number of anilines is 2. The Labute approximate surface area is 169 Å². The number of amides is 1. The number of hydrogen-bond acceptors (Lipinski definition) is 3. The molecule has 2 aromatic rings. The Kier molecular flexibility index (Phi) is 5.99. The van der Waals surface area contributed by atoms with Crippen LogP contribution in [0, 0.1) is 0 Å². The Morgan fingerprint density at radius 3 is 2.52 bits per heavy atom. The van der Waals surface area contributed by atoms with E-state index in [0.717, 1.165) is 18.4 Å². The molecule has 0 unspecified atom stereocenters. The van der Waals surface area contributed by atoms with E-state index in [1.165, 1.54) is 4.31 Å². The zero-order chi connectivity index (χ0) is 19.6. The molecule has 1 heterocycles. The van der Waals surface area contributed by atoms with Gasteiger partial charge < -0.3 is 5.32 Å². The molecule has 0 spiro atoms. The fraction of sp³-hybridized carbons (Fsp3) is 0.316. The molecule has 0 saturated carbocycles. The van der Waals surface area contributed by atoms with Gasteiger partial charge in [0, 0.05) is 27.8 Å². The van der Waals surface area contributed by atoms with Crippen molar-refractivity contribution < 1.29 is 13.2 Å². The van der Waals surface area contributed by atoms with Gasteiger partial charge in [0.05, 0.1) is 11.4 Å². The fourth-order valence-electron chi connectivity index (χ4n) is 3.19. The Balaban J connectivity index is 1.85. The third kappa shape index (κ3) is 4.57. The fourth-order valence-corrected chi connectivity index (χ4v) is 5.33. The summed E-state index contributed by atoms with van der Waals surface area (Å²) in [6, 6.07) is 9.93. The summed E-state index contributed by atoms with van der Waals surface area (Å²) < 4.78 is 26.5. The Bertz CT molecular complexity index is 957. The van der Waals surface area contributed by atoms with Gasteiger partial charge in [-0.2, -0.15) is 0 Å². The van der Waals surface area contributed by atoms with E-state index >= 15 is 0 Å². The summed E-state index contributed by atoms with van der Waals surface area (Å²) in [5.74, 6) is -0.203. The summed E-state index contributed by atoms with van der Waals surface area (Å²) in [5.41, 5.74) is 2.56. The Morgan fingerprint density at radius 2 is 1.85 bits per heavy atom. The van der Waals surface area contributed by atoms with Gasteiger partial charge in [-0.05, 0) is 61.2 Å². The molecule has 27 heavy (non-hydrogen) atoms. The van der Waals surface area contributed by atoms with Crippen LogP contribution < -0.4 is 9.62 Å². The minimum Gasteiger partial charge on any atom is -0.322 e. The van der Waals surface area contributed by atoms with Crippen molar-refractivity contribution in [2.24, 2.45) is 0 Å². The summed E-state index contributed by atoms with van der Waals surface area (Å²) in [6.45, 7) is 2.34. The van der Waals surface area contributed by atoms with Crippen LogP contribution in [0.15, 0.2) is 36.4 Å². The summed E-state index contributed by atoms with van der Waals surface area (Å²) in [4.78, 5) is 12.5. The zero-order valence-corrected chi connectivity index (χ0v) is 17.2. The topological polar surface area (TPSA) is 66.5 Å². The van der Waals surface area contributed by atoms with Crippen molar-refractivity contribution in [2.75, 3.05) is 21.9 Å². The molecule has 0 saturated heterocycles.